The highest BCUT2D eigenvalue weighted by atomic mass is 16.5. The molecule has 7 aromatic carbocycles. The zero-order valence-electron chi connectivity index (χ0n) is 44.2. The molecule has 2 heteroatoms. The molecule has 0 aliphatic carbocycles. The van der Waals surface area contributed by atoms with Crippen LogP contribution in [0.4, 0.5) is 5.69 Å². The number of rotatable bonds is 15. The van der Waals surface area contributed by atoms with Crippen LogP contribution in [0, 0.1) is 0 Å². The molecule has 0 saturated heterocycles. The molecule has 7 rings (SSSR count). The minimum Gasteiger partial charge on any atom is -0.291 e. The van der Waals surface area contributed by atoms with Crippen molar-refractivity contribution in [3.8, 4) is 66.8 Å². The Labute approximate surface area is 411 Å². The van der Waals surface area contributed by atoms with Crippen molar-refractivity contribution < 1.29 is 5.21 Å². The largest absolute Gasteiger partial charge is 0.291 e. The molecule has 0 unspecified atom stereocenters. The van der Waals surface area contributed by atoms with E-state index in [4.69, 9.17) is 0 Å². The van der Waals surface area contributed by atoms with Gasteiger partial charge in [-0.05, 0) is 184 Å². The summed E-state index contributed by atoms with van der Waals surface area (Å²) in [6.45, 7) is 37.0. The summed E-state index contributed by atoms with van der Waals surface area (Å²) in [5.74, 6) is 2.66. The molecule has 2 nitrogen and oxygen atoms in total. The molecule has 2 N–H and O–H groups in total. The first-order chi connectivity index (χ1) is 32.3. The van der Waals surface area contributed by atoms with E-state index in [0.29, 0.717) is 53.0 Å². The molecular weight excluding hydrogens is 823 g/mol. The second kappa shape index (κ2) is 20.9. The van der Waals surface area contributed by atoms with Crippen LogP contribution in [0.15, 0.2) is 127 Å². The maximum Gasteiger partial charge on any atom is 0.0758 e. The van der Waals surface area contributed by atoms with Crippen LogP contribution in [0.5, 0.6) is 0 Å². The van der Waals surface area contributed by atoms with Gasteiger partial charge in [0.2, 0.25) is 0 Å². The van der Waals surface area contributed by atoms with E-state index < -0.39 is 0 Å². The van der Waals surface area contributed by atoms with Crippen molar-refractivity contribution in [2.75, 3.05) is 5.48 Å². The van der Waals surface area contributed by atoms with Gasteiger partial charge in [0.25, 0.3) is 0 Å². The lowest BCUT2D eigenvalue weighted by molar-refractivity contribution is 0.389. The Bertz CT molecular complexity index is 2440. The van der Waals surface area contributed by atoms with E-state index in [1.165, 1.54) is 89.0 Å². The maximum absolute atomic E-state index is 11.7. The van der Waals surface area contributed by atoms with Gasteiger partial charge in [-0.2, -0.15) is 0 Å². The molecule has 0 amide bonds. The summed E-state index contributed by atoms with van der Waals surface area (Å²) >= 11 is 0. The fourth-order valence-electron chi connectivity index (χ4n) is 10.8. The van der Waals surface area contributed by atoms with E-state index in [1.807, 2.05) is 0 Å². The van der Waals surface area contributed by atoms with Crippen molar-refractivity contribution in [3.63, 3.8) is 0 Å². The Hall–Kier alpha value is -5.70. The summed E-state index contributed by atoms with van der Waals surface area (Å²) in [4.78, 5) is 0. The molecule has 0 spiro atoms. The third kappa shape index (κ3) is 9.91. The van der Waals surface area contributed by atoms with Gasteiger partial charge in [0.15, 0.2) is 0 Å². The summed E-state index contributed by atoms with van der Waals surface area (Å²) in [6, 6.07) is 48.4. The van der Waals surface area contributed by atoms with E-state index in [2.05, 4.69) is 244 Å². The van der Waals surface area contributed by atoms with Gasteiger partial charge in [0.05, 0.1) is 5.69 Å². The highest BCUT2D eigenvalue weighted by Crippen LogP contribution is 2.48. The van der Waals surface area contributed by atoms with Gasteiger partial charge in [0.1, 0.15) is 0 Å². The van der Waals surface area contributed by atoms with Gasteiger partial charge >= 0.3 is 0 Å². The van der Waals surface area contributed by atoms with Crippen molar-refractivity contribution in [2.45, 2.75) is 158 Å². The van der Waals surface area contributed by atoms with Crippen LogP contribution in [0.2, 0.25) is 0 Å². The fraction of sp³-hybridized carbons (Fsp3) is 0.364. The average molecular weight is 902 g/mol. The van der Waals surface area contributed by atoms with Crippen LogP contribution in [0.3, 0.4) is 0 Å². The summed E-state index contributed by atoms with van der Waals surface area (Å²) in [5, 5.41) is 11.7. The second-order valence-electron chi connectivity index (χ2n) is 21.9. The zero-order valence-corrected chi connectivity index (χ0v) is 44.2. The quantitative estimate of drug-likeness (QED) is 0.101. The molecule has 0 radical (unpaired) electrons. The van der Waals surface area contributed by atoms with E-state index in [-0.39, 0.29) is 0 Å². The van der Waals surface area contributed by atoms with Crippen LogP contribution in [-0.4, -0.2) is 5.21 Å². The first kappa shape index (κ1) is 50.2. The summed E-state index contributed by atoms with van der Waals surface area (Å²) in [5.41, 5.74) is 28.5. The van der Waals surface area contributed by atoms with Crippen molar-refractivity contribution in [3.05, 3.63) is 172 Å². The van der Waals surface area contributed by atoms with Crippen LogP contribution in [-0.2, 0) is 0 Å². The Morgan fingerprint density at radius 2 is 0.441 bits per heavy atom. The SMILES string of the molecule is CC(C)c1cccc(C(C)C)c1-c1cc(-c2cccc(-c3cc(-c4c(C(C)C)cccc4C(C)C)cc(-c4c(C(C)C)cccc4C(C)C)c3)c2NO)cc(-c2c(C(C)C)cccc2C(C)C)c1. The third-order valence-corrected chi connectivity index (χ3v) is 14.3. The predicted octanol–water partition coefficient (Wildman–Crippen LogP) is 20.5. The smallest absolute Gasteiger partial charge is 0.0758 e. The van der Waals surface area contributed by atoms with E-state index in [9.17, 15) is 5.21 Å². The highest BCUT2D eigenvalue weighted by molar-refractivity contribution is 5.96. The lowest BCUT2D eigenvalue weighted by Gasteiger charge is -2.25. The molecule has 0 aliphatic rings. The number of hydrogen-bond donors (Lipinski definition) is 2. The van der Waals surface area contributed by atoms with Gasteiger partial charge in [-0.25, -0.2) is 0 Å². The van der Waals surface area contributed by atoms with Gasteiger partial charge in [-0.15, -0.1) is 0 Å². The van der Waals surface area contributed by atoms with Gasteiger partial charge in [-0.3, -0.25) is 10.7 Å². The van der Waals surface area contributed by atoms with Gasteiger partial charge in [0, 0.05) is 11.1 Å². The summed E-state index contributed by atoms with van der Waals surface area (Å²) < 4.78 is 0. The van der Waals surface area contributed by atoms with E-state index >= 15 is 0 Å². The summed E-state index contributed by atoms with van der Waals surface area (Å²) in [7, 11) is 0. The fourth-order valence-corrected chi connectivity index (χ4v) is 10.8. The minimum atomic E-state index is 0.332. The lowest BCUT2D eigenvalue weighted by atomic mass is 9.80. The molecular formula is C66H79NO. The zero-order chi connectivity index (χ0) is 49.3. The average Bonchev–Trinajstić information content (AvgIpc) is 3.32. The number of anilines is 1. The topological polar surface area (TPSA) is 32.3 Å². The monoisotopic (exact) mass is 902 g/mol. The Morgan fingerprint density at radius 3 is 0.618 bits per heavy atom. The Balaban J connectivity index is 1.61. The predicted molar refractivity (Wildman–Crippen MR) is 297 cm³/mol. The van der Waals surface area contributed by atoms with Crippen LogP contribution in [0.25, 0.3) is 66.8 Å². The van der Waals surface area contributed by atoms with Gasteiger partial charge in [-0.1, -0.05) is 202 Å². The standard InChI is InChI=1S/C66H79NO/c1-38(2)52-22-17-23-53(39(3)4)62(52)48-32-46(33-49(36-48)63-54(40(5)6)24-18-25-55(63)41(7)8)60-30-21-31-61(66(60)67-68)47-34-50(64-56(42(9)10)26-19-27-57(64)43(11)12)37-51(35-47)65-58(44(13)14)28-20-29-59(65)45(15)16/h17-45,67-68H,1-16H3. The van der Waals surface area contributed by atoms with Crippen LogP contribution < -0.4 is 5.48 Å². The molecule has 0 aromatic heterocycles. The van der Waals surface area contributed by atoms with Crippen LogP contribution >= 0.6 is 0 Å². The van der Waals surface area contributed by atoms with E-state index in [0.717, 1.165) is 22.3 Å². The van der Waals surface area contributed by atoms with E-state index in [1.54, 1.807) is 0 Å². The lowest BCUT2D eigenvalue weighted by Crippen LogP contribution is -2.03. The second-order valence-corrected chi connectivity index (χ2v) is 21.9. The van der Waals surface area contributed by atoms with Gasteiger partial charge < -0.3 is 0 Å². The van der Waals surface area contributed by atoms with Crippen LogP contribution in [0.1, 0.15) is 203 Å². The van der Waals surface area contributed by atoms with Crippen molar-refractivity contribution in [1.82, 2.24) is 0 Å². The van der Waals surface area contributed by atoms with Crippen molar-refractivity contribution in [1.29, 1.82) is 0 Å². The maximum atomic E-state index is 11.7. The molecule has 0 saturated carbocycles. The number of hydrogen-bond acceptors (Lipinski definition) is 2. The Morgan fingerprint density at radius 1 is 0.265 bits per heavy atom. The molecule has 0 fully saturated rings. The third-order valence-electron chi connectivity index (χ3n) is 14.3. The Kier molecular flexibility index (Phi) is 15.4. The molecule has 354 valence electrons. The first-order valence-corrected chi connectivity index (χ1v) is 25.7. The van der Waals surface area contributed by atoms with Crippen molar-refractivity contribution >= 4 is 5.69 Å². The number of nitrogens with one attached hydrogen (secondary N) is 1. The normalized spacial score (nSPS) is 12.1. The molecule has 0 atom stereocenters. The molecule has 0 aliphatic heterocycles. The molecule has 0 bridgehead atoms. The number of benzene rings is 7. The summed E-state index contributed by atoms with van der Waals surface area (Å²) in [6.07, 6.45) is 0. The molecule has 68 heavy (non-hydrogen) atoms. The molecule has 0 heterocycles. The number of para-hydroxylation sites is 1. The highest BCUT2D eigenvalue weighted by Gasteiger charge is 2.25. The minimum absolute atomic E-state index is 0.332. The van der Waals surface area contributed by atoms with Crippen molar-refractivity contribution in [2.24, 2.45) is 0 Å². The molecule has 7 aromatic rings. The first-order valence-electron chi connectivity index (χ1n) is 25.7.